The van der Waals surface area contributed by atoms with Crippen LogP contribution in [0.3, 0.4) is 0 Å². The SMILES string of the molecule is COc1cc(O)c2c(c1)[C@H]1O[C@@H]1C[C@H](OC(=O)/C=C\C(=O)O)[C@H](O)C(=O)/C=C\C[C@H](C)OC2=O. The molecule has 2 heterocycles. The second-order valence-corrected chi connectivity index (χ2v) is 7.79. The molecule has 34 heavy (non-hydrogen) atoms. The van der Waals surface area contributed by atoms with Gasteiger partial charge in [0, 0.05) is 36.6 Å². The minimum absolute atomic E-state index is 0.115. The van der Waals surface area contributed by atoms with Crippen molar-refractivity contribution in [3.05, 3.63) is 47.6 Å². The third-order valence-electron chi connectivity index (χ3n) is 5.25. The molecule has 1 fully saturated rings. The van der Waals surface area contributed by atoms with E-state index >= 15 is 0 Å². The van der Waals surface area contributed by atoms with Crippen molar-refractivity contribution in [3.63, 3.8) is 0 Å². The van der Waals surface area contributed by atoms with Crippen LogP contribution in [0.1, 0.15) is 41.8 Å². The number of fused-ring (bicyclic) bond motifs is 3. The van der Waals surface area contributed by atoms with Crippen LogP contribution in [-0.2, 0) is 28.6 Å². The first-order chi connectivity index (χ1) is 16.1. The maximum absolute atomic E-state index is 12.8. The zero-order valence-corrected chi connectivity index (χ0v) is 18.4. The largest absolute Gasteiger partial charge is 0.507 e. The van der Waals surface area contributed by atoms with Crippen LogP contribution in [0.5, 0.6) is 11.5 Å². The lowest BCUT2D eigenvalue weighted by Gasteiger charge is -2.21. The molecule has 2 aliphatic rings. The normalized spacial score (nSPS) is 28.1. The molecular weight excluding hydrogens is 452 g/mol. The van der Waals surface area contributed by atoms with Gasteiger partial charge in [0.05, 0.1) is 13.2 Å². The van der Waals surface area contributed by atoms with Gasteiger partial charge in [-0.25, -0.2) is 14.4 Å². The van der Waals surface area contributed by atoms with Gasteiger partial charge in [-0.1, -0.05) is 6.08 Å². The highest BCUT2D eigenvalue weighted by Gasteiger charge is 2.47. The summed E-state index contributed by atoms with van der Waals surface area (Å²) in [5.41, 5.74) is 0.152. The number of aromatic hydroxyl groups is 1. The first-order valence-corrected chi connectivity index (χ1v) is 10.4. The molecule has 0 saturated carbocycles. The fourth-order valence-electron chi connectivity index (χ4n) is 3.53. The van der Waals surface area contributed by atoms with Crippen molar-refractivity contribution < 1.29 is 53.4 Å². The Morgan fingerprint density at radius 3 is 2.62 bits per heavy atom. The molecule has 1 aromatic rings. The predicted molar refractivity (Wildman–Crippen MR) is 113 cm³/mol. The number of carbonyl (C=O) groups is 4. The second-order valence-electron chi connectivity index (χ2n) is 7.79. The number of hydrogen-bond acceptors (Lipinski definition) is 10. The molecule has 3 rings (SSSR count). The van der Waals surface area contributed by atoms with Crippen LogP contribution >= 0.6 is 0 Å². The van der Waals surface area contributed by atoms with Crippen LogP contribution in [0.25, 0.3) is 0 Å². The number of aliphatic carboxylic acids is 1. The Bertz CT molecular complexity index is 1040. The number of ether oxygens (including phenoxy) is 4. The van der Waals surface area contributed by atoms with Gasteiger partial charge in [0.15, 0.2) is 11.9 Å². The summed E-state index contributed by atoms with van der Waals surface area (Å²) < 4.78 is 21.3. The highest BCUT2D eigenvalue weighted by atomic mass is 16.6. The molecule has 0 amide bonds. The van der Waals surface area contributed by atoms with Crippen LogP contribution in [0.4, 0.5) is 0 Å². The van der Waals surface area contributed by atoms with Gasteiger partial charge in [0.1, 0.15) is 35.4 Å². The lowest BCUT2D eigenvalue weighted by atomic mass is 9.96. The number of aliphatic hydroxyl groups is 1. The Hall–Kier alpha value is -3.70. The van der Waals surface area contributed by atoms with Crippen LogP contribution in [0, 0.1) is 0 Å². The lowest BCUT2D eigenvalue weighted by molar-refractivity contribution is -0.153. The first kappa shape index (κ1) is 24.9. The molecule has 0 radical (unpaired) electrons. The van der Waals surface area contributed by atoms with Gasteiger partial charge < -0.3 is 34.3 Å². The van der Waals surface area contributed by atoms with E-state index in [1.54, 1.807) is 6.92 Å². The fraction of sp³-hybridized carbons (Fsp3) is 0.391. The molecule has 0 spiro atoms. The summed E-state index contributed by atoms with van der Waals surface area (Å²) in [6.45, 7) is 1.59. The number of carboxylic acids is 1. The molecule has 0 unspecified atom stereocenters. The summed E-state index contributed by atoms with van der Waals surface area (Å²) in [7, 11) is 1.38. The lowest BCUT2D eigenvalue weighted by Crippen LogP contribution is -2.37. The van der Waals surface area contributed by atoms with Gasteiger partial charge in [0.25, 0.3) is 0 Å². The number of methoxy groups -OCH3 is 1. The van der Waals surface area contributed by atoms with E-state index in [4.69, 9.17) is 24.1 Å². The number of esters is 2. The smallest absolute Gasteiger partial charge is 0.342 e. The summed E-state index contributed by atoms with van der Waals surface area (Å²) in [5.74, 6) is -4.12. The highest BCUT2D eigenvalue weighted by Crippen LogP contribution is 2.46. The third-order valence-corrected chi connectivity index (χ3v) is 5.25. The maximum Gasteiger partial charge on any atom is 0.342 e. The Morgan fingerprint density at radius 2 is 1.94 bits per heavy atom. The standard InChI is InChI=1S/C23H24O11/c1-11-4-3-5-14(24)21(29)16(33-19(28)7-6-18(26)27)10-17-22(34-17)13-8-12(31-2)9-15(25)20(13)23(30)32-11/h3,5-9,11,16-17,21-22,25,29H,4,10H2,1-2H3,(H,26,27)/b5-3-,7-6-/t11-,16-,17+,21+,22+/m0/s1. The van der Waals surface area contributed by atoms with Crippen molar-refractivity contribution in [2.45, 2.75) is 50.3 Å². The van der Waals surface area contributed by atoms with Gasteiger partial charge >= 0.3 is 17.9 Å². The van der Waals surface area contributed by atoms with E-state index < -0.39 is 54.2 Å². The van der Waals surface area contributed by atoms with Crippen molar-refractivity contribution in [2.24, 2.45) is 0 Å². The quantitative estimate of drug-likeness (QED) is 0.324. The molecule has 11 heteroatoms. The molecule has 1 saturated heterocycles. The Kier molecular flexibility index (Phi) is 7.69. The van der Waals surface area contributed by atoms with Gasteiger partial charge in [-0.15, -0.1) is 0 Å². The van der Waals surface area contributed by atoms with Gasteiger partial charge in [-0.05, 0) is 19.1 Å². The van der Waals surface area contributed by atoms with Gasteiger partial charge in [-0.2, -0.15) is 0 Å². The van der Waals surface area contributed by atoms with Crippen molar-refractivity contribution in [1.29, 1.82) is 0 Å². The number of cyclic esters (lactones) is 1. The maximum atomic E-state index is 12.8. The third kappa shape index (κ3) is 6.00. The summed E-state index contributed by atoms with van der Waals surface area (Å²) in [5, 5.41) is 29.7. The van der Waals surface area contributed by atoms with Crippen molar-refractivity contribution in [3.8, 4) is 11.5 Å². The Morgan fingerprint density at radius 1 is 1.21 bits per heavy atom. The fourth-order valence-corrected chi connectivity index (χ4v) is 3.53. The van der Waals surface area contributed by atoms with Crippen LogP contribution in [0.15, 0.2) is 36.4 Å². The van der Waals surface area contributed by atoms with Crippen molar-refractivity contribution in [2.75, 3.05) is 7.11 Å². The minimum atomic E-state index is -1.75. The number of hydrogen-bond donors (Lipinski definition) is 3. The molecule has 0 bridgehead atoms. The number of carboxylic acid groups (broad SMARTS) is 1. The summed E-state index contributed by atoms with van der Waals surface area (Å²) >= 11 is 0. The Balaban J connectivity index is 1.96. The number of carbonyl (C=O) groups excluding carboxylic acids is 3. The number of phenolic OH excluding ortho intramolecular Hbond substituents is 1. The molecule has 5 atom stereocenters. The minimum Gasteiger partial charge on any atom is -0.507 e. The summed E-state index contributed by atoms with van der Waals surface area (Å²) in [6, 6.07) is 2.75. The van der Waals surface area contributed by atoms with E-state index in [1.807, 2.05) is 0 Å². The molecule has 182 valence electrons. The molecular formula is C23H24O11. The topological polar surface area (TPSA) is 169 Å². The Labute approximate surface area is 194 Å². The molecule has 3 N–H and O–H groups in total. The van der Waals surface area contributed by atoms with Crippen molar-refractivity contribution in [1.82, 2.24) is 0 Å². The molecule has 0 aliphatic carbocycles. The van der Waals surface area contributed by atoms with E-state index in [0.717, 1.165) is 6.08 Å². The number of epoxide rings is 1. The highest BCUT2D eigenvalue weighted by molar-refractivity contribution is 5.96. The number of rotatable bonds is 4. The predicted octanol–water partition coefficient (Wildman–Crippen LogP) is 1.22. The zero-order valence-electron chi connectivity index (χ0n) is 18.4. The zero-order chi connectivity index (χ0) is 25.0. The van der Waals surface area contributed by atoms with E-state index in [9.17, 15) is 29.4 Å². The van der Waals surface area contributed by atoms with Crippen LogP contribution < -0.4 is 4.74 Å². The number of phenols is 1. The van der Waals surface area contributed by atoms with Crippen molar-refractivity contribution >= 4 is 23.7 Å². The first-order valence-electron chi connectivity index (χ1n) is 10.4. The molecule has 2 aliphatic heterocycles. The summed E-state index contributed by atoms with van der Waals surface area (Å²) in [6.07, 6.45) is -1.57. The average molecular weight is 476 g/mol. The van der Waals surface area contributed by atoms with E-state index in [-0.39, 0.29) is 35.5 Å². The number of benzene rings is 1. The average Bonchev–Trinajstić information content (AvgIpc) is 3.54. The van der Waals surface area contributed by atoms with Crippen LogP contribution in [0.2, 0.25) is 0 Å². The number of aliphatic hydroxyl groups excluding tert-OH is 1. The van der Waals surface area contributed by atoms with E-state index in [0.29, 0.717) is 12.2 Å². The molecule has 0 aromatic heterocycles. The monoisotopic (exact) mass is 476 g/mol. The van der Waals surface area contributed by atoms with Gasteiger partial charge in [-0.3, -0.25) is 4.79 Å². The molecule has 11 nitrogen and oxygen atoms in total. The summed E-state index contributed by atoms with van der Waals surface area (Å²) in [4.78, 5) is 47.9. The second kappa shape index (κ2) is 10.5. The molecule has 1 aromatic carbocycles. The number of ketones is 1. The van der Waals surface area contributed by atoms with E-state index in [2.05, 4.69) is 0 Å². The van der Waals surface area contributed by atoms with E-state index in [1.165, 1.54) is 25.3 Å². The van der Waals surface area contributed by atoms with Gasteiger partial charge in [0.2, 0.25) is 0 Å². The van der Waals surface area contributed by atoms with Crippen LogP contribution in [-0.4, -0.2) is 70.5 Å².